The molecule has 1 aromatic rings. The van der Waals surface area contributed by atoms with Crippen molar-refractivity contribution in [3.63, 3.8) is 0 Å². The number of nitrogens with one attached hydrogen (secondary N) is 1. The van der Waals surface area contributed by atoms with Crippen LogP contribution in [-0.2, 0) is 6.54 Å². The van der Waals surface area contributed by atoms with Crippen LogP contribution >= 0.6 is 0 Å². The first kappa shape index (κ1) is 12.8. The standard InChI is InChI=1S/C13H21NO2/c1-5-16-13-8-11(9-14-10(2)3)6-7-12(13)15-4/h6-8,10,14H,5,9H2,1-4H3. The van der Waals surface area contributed by atoms with E-state index in [1.165, 1.54) is 5.56 Å². The van der Waals surface area contributed by atoms with Crippen molar-refractivity contribution in [2.45, 2.75) is 33.4 Å². The van der Waals surface area contributed by atoms with Crippen LogP contribution in [0.5, 0.6) is 11.5 Å². The third-order valence-electron chi connectivity index (χ3n) is 2.24. The maximum atomic E-state index is 5.52. The highest BCUT2D eigenvalue weighted by Crippen LogP contribution is 2.27. The van der Waals surface area contributed by atoms with Gasteiger partial charge in [0.05, 0.1) is 13.7 Å². The molecule has 16 heavy (non-hydrogen) atoms. The molecule has 1 rings (SSSR count). The Morgan fingerprint density at radius 1 is 1.25 bits per heavy atom. The van der Waals surface area contributed by atoms with Gasteiger partial charge in [0.15, 0.2) is 11.5 Å². The summed E-state index contributed by atoms with van der Waals surface area (Å²) in [5.74, 6) is 1.60. The Kier molecular flexibility index (Phi) is 5.12. The van der Waals surface area contributed by atoms with Crippen LogP contribution < -0.4 is 14.8 Å². The molecule has 0 aromatic heterocycles. The molecule has 0 amide bonds. The van der Waals surface area contributed by atoms with Gasteiger partial charge in [0.1, 0.15) is 0 Å². The minimum absolute atomic E-state index is 0.484. The number of methoxy groups -OCH3 is 1. The SMILES string of the molecule is CCOc1cc(CNC(C)C)ccc1OC. The van der Waals surface area contributed by atoms with Crippen molar-refractivity contribution in [3.05, 3.63) is 23.8 Å². The Morgan fingerprint density at radius 3 is 2.56 bits per heavy atom. The van der Waals surface area contributed by atoms with Crippen molar-refractivity contribution in [2.24, 2.45) is 0 Å². The zero-order chi connectivity index (χ0) is 12.0. The highest BCUT2D eigenvalue weighted by molar-refractivity contribution is 5.42. The molecule has 0 saturated heterocycles. The van der Waals surface area contributed by atoms with Gasteiger partial charge in [-0.25, -0.2) is 0 Å². The Bertz CT molecular complexity index is 324. The van der Waals surface area contributed by atoms with E-state index in [0.29, 0.717) is 12.6 Å². The summed E-state index contributed by atoms with van der Waals surface area (Å²) in [6.45, 7) is 7.73. The average molecular weight is 223 g/mol. The lowest BCUT2D eigenvalue weighted by molar-refractivity contribution is 0.310. The lowest BCUT2D eigenvalue weighted by Crippen LogP contribution is -2.21. The Hall–Kier alpha value is -1.22. The fourth-order valence-corrected chi connectivity index (χ4v) is 1.42. The molecule has 0 aliphatic carbocycles. The van der Waals surface area contributed by atoms with Gasteiger partial charge in [-0.05, 0) is 24.6 Å². The van der Waals surface area contributed by atoms with E-state index in [9.17, 15) is 0 Å². The van der Waals surface area contributed by atoms with E-state index in [-0.39, 0.29) is 0 Å². The Balaban J connectivity index is 2.76. The smallest absolute Gasteiger partial charge is 0.161 e. The summed E-state index contributed by atoms with van der Waals surface area (Å²) in [4.78, 5) is 0. The molecule has 1 N–H and O–H groups in total. The second kappa shape index (κ2) is 6.38. The molecule has 90 valence electrons. The maximum absolute atomic E-state index is 5.52. The van der Waals surface area contributed by atoms with Crippen molar-refractivity contribution in [2.75, 3.05) is 13.7 Å². The van der Waals surface area contributed by atoms with Crippen LogP contribution in [0.4, 0.5) is 0 Å². The molecular formula is C13H21NO2. The first-order chi connectivity index (χ1) is 7.67. The Labute approximate surface area is 97.8 Å². The van der Waals surface area contributed by atoms with Crippen LogP contribution in [0.2, 0.25) is 0 Å². The average Bonchev–Trinajstić information content (AvgIpc) is 2.27. The molecule has 0 atom stereocenters. The molecule has 1 aromatic carbocycles. The second-order valence-corrected chi connectivity index (χ2v) is 3.95. The fourth-order valence-electron chi connectivity index (χ4n) is 1.42. The minimum Gasteiger partial charge on any atom is -0.493 e. The van der Waals surface area contributed by atoms with Gasteiger partial charge in [-0.3, -0.25) is 0 Å². The number of hydrogen-bond acceptors (Lipinski definition) is 3. The van der Waals surface area contributed by atoms with E-state index in [0.717, 1.165) is 18.0 Å². The first-order valence-electron chi connectivity index (χ1n) is 5.70. The summed E-state index contributed by atoms with van der Waals surface area (Å²) in [5.41, 5.74) is 1.21. The molecule has 0 aliphatic rings. The van der Waals surface area contributed by atoms with E-state index in [4.69, 9.17) is 9.47 Å². The summed E-state index contributed by atoms with van der Waals surface area (Å²) >= 11 is 0. The van der Waals surface area contributed by atoms with Gasteiger partial charge >= 0.3 is 0 Å². The predicted molar refractivity (Wildman–Crippen MR) is 66.1 cm³/mol. The van der Waals surface area contributed by atoms with E-state index in [2.05, 4.69) is 25.2 Å². The molecule has 0 bridgehead atoms. The number of benzene rings is 1. The number of rotatable bonds is 6. The molecular weight excluding hydrogens is 202 g/mol. The highest BCUT2D eigenvalue weighted by atomic mass is 16.5. The lowest BCUT2D eigenvalue weighted by atomic mass is 10.2. The third-order valence-corrected chi connectivity index (χ3v) is 2.24. The van der Waals surface area contributed by atoms with Gasteiger partial charge < -0.3 is 14.8 Å². The van der Waals surface area contributed by atoms with E-state index < -0.39 is 0 Å². The van der Waals surface area contributed by atoms with Crippen LogP contribution in [0.15, 0.2) is 18.2 Å². The molecule has 3 nitrogen and oxygen atoms in total. The molecule has 0 saturated carbocycles. The molecule has 0 heterocycles. The summed E-state index contributed by atoms with van der Waals surface area (Å²) in [6, 6.07) is 6.51. The van der Waals surface area contributed by atoms with Crippen molar-refractivity contribution < 1.29 is 9.47 Å². The maximum Gasteiger partial charge on any atom is 0.161 e. The lowest BCUT2D eigenvalue weighted by Gasteiger charge is -2.12. The van der Waals surface area contributed by atoms with Crippen LogP contribution in [0.25, 0.3) is 0 Å². The minimum atomic E-state index is 0.484. The van der Waals surface area contributed by atoms with Crippen LogP contribution in [0.1, 0.15) is 26.3 Å². The normalized spacial score (nSPS) is 10.6. The second-order valence-electron chi connectivity index (χ2n) is 3.95. The molecule has 0 aliphatic heterocycles. The summed E-state index contributed by atoms with van der Waals surface area (Å²) in [6.07, 6.45) is 0. The Morgan fingerprint density at radius 2 is 2.00 bits per heavy atom. The zero-order valence-corrected chi connectivity index (χ0v) is 10.5. The molecule has 3 heteroatoms. The predicted octanol–water partition coefficient (Wildman–Crippen LogP) is 2.59. The van der Waals surface area contributed by atoms with Crippen molar-refractivity contribution in [1.82, 2.24) is 5.32 Å². The van der Waals surface area contributed by atoms with Gasteiger partial charge in [0.2, 0.25) is 0 Å². The van der Waals surface area contributed by atoms with Crippen molar-refractivity contribution in [1.29, 1.82) is 0 Å². The van der Waals surface area contributed by atoms with Crippen LogP contribution in [-0.4, -0.2) is 19.8 Å². The third kappa shape index (κ3) is 3.74. The summed E-state index contributed by atoms with van der Waals surface area (Å²) in [7, 11) is 1.66. The van der Waals surface area contributed by atoms with Gasteiger partial charge in [-0.1, -0.05) is 19.9 Å². The quantitative estimate of drug-likeness (QED) is 0.804. The van der Waals surface area contributed by atoms with Gasteiger partial charge in [-0.2, -0.15) is 0 Å². The molecule has 0 unspecified atom stereocenters. The summed E-state index contributed by atoms with van der Waals surface area (Å²) in [5, 5.41) is 3.37. The topological polar surface area (TPSA) is 30.5 Å². The molecule has 0 spiro atoms. The summed E-state index contributed by atoms with van der Waals surface area (Å²) < 4.78 is 10.8. The largest absolute Gasteiger partial charge is 0.493 e. The van der Waals surface area contributed by atoms with Crippen LogP contribution in [0.3, 0.4) is 0 Å². The molecule has 0 fully saturated rings. The monoisotopic (exact) mass is 223 g/mol. The van der Waals surface area contributed by atoms with E-state index in [1.807, 2.05) is 19.1 Å². The first-order valence-corrected chi connectivity index (χ1v) is 5.70. The van der Waals surface area contributed by atoms with Crippen LogP contribution in [0, 0.1) is 0 Å². The van der Waals surface area contributed by atoms with E-state index in [1.54, 1.807) is 7.11 Å². The zero-order valence-electron chi connectivity index (χ0n) is 10.5. The van der Waals surface area contributed by atoms with Crippen molar-refractivity contribution >= 4 is 0 Å². The van der Waals surface area contributed by atoms with Gasteiger partial charge in [-0.15, -0.1) is 0 Å². The number of hydrogen-bond donors (Lipinski definition) is 1. The highest BCUT2D eigenvalue weighted by Gasteiger charge is 2.05. The molecule has 0 radical (unpaired) electrons. The number of ether oxygens (including phenoxy) is 2. The van der Waals surface area contributed by atoms with Crippen molar-refractivity contribution in [3.8, 4) is 11.5 Å². The van der Waals surface area contributed by atoms with Gasteiger partial charge in [0.25, 0.3) is 0 Å². The van der Waals surface area contributed by atoms with Gasteiger partial charge in [0, 0.05) is 12.6 Å². The van der Waals surface area contributed by atoms with E-state index >= 15 is 0 Å². The fraction of sp³-hybridized carbons (Fsp3) is 0.538.